The molecular formula is C22H28N2O. The van der Waals surface area contributed by atoms with Crippen molar-refractivity contribution >= 4 is 17.3 Å². The second kappa shape index (κ2) is 6.91. The standard InChI is InChI=1S/C22H28N2O/c1-22(2,3)18-9-7-17(8-10-18)21(25)23(4)19-11-13-20(14-12-19)24-15-5-6-16-24/h7-14H,5-6,15-16H2,1-4H3. The van der Waals surface area contributed by atoms with Crippen molar-refractivity contribution < 1.29 is 4.79 Å². The molecule has 2 aromatic carbocycles. The Morgan fingerprint density at radius 1 is 0.920 bits per heavy atom. The van der Waals surface area contributed by atoms with Crippen LogP contribution in [0.15, 0.2) is 48.5 Å². The Morgan fingerprint density at radius 3 is 2.00 bits per heavy atom. The third kappa shape index (κ3) is 3.87. The third-order valence-corrected chi connectivity index (χ3v) is 5.01. The van der Waals surface area contributed by atoms with Gasteiger partial charge in [0.1, 0.15) is 0 Å². The van der Waals surface area contributed by atoms with Gasteiger partial charge < -0.3 is 9.80 Å². The normalized spacial score (nSPS) is 14.6. The van der Waals surface area contributed by atoms with Crippen LogP contribution in [0.3, 0.4) is 0 Å². The second-order valence-electron chi connectivity index (χ2n) is 7.90. The SMILES string of the molecule is CN(C(=O)c1ccc(C(C)(C)C)cc1)c1ccc(N2CCCC2)cc1. The molecule has 1 fully saturated rings. The fourth-order valence-corrected chi connectivity index (χ4v) is 3.29. The van der Waals surface area contributed by atoms with E-state index in [1.165, 1.54) is 24.1 Å². The van der Waals surface area contributed by atoms with Gasteiger partial charge in [-0.3, -0.25) is 4.79 Å². The van der Waals surface area contributed by atoms with E-state index >= 15 is 0 Å². The van der Waals surface area contributed by atoms with E-state index in [9.17, 15) is 4.79 Å². The summed E-state index contributed by atoms with van der Waals surface area (Å²) in [4.78, 5) is 16.9. The zero-order valence-electron chi connectivity index (χ0n) is 15.7. The van der Waals surface area contributed by atoms with Gasteiger partial charge >= 0.3 is 0 Å². The Bertz CT molecular complexity index is 720. The molecule has 132 valence electrons. The van der Waals surface area contributed by atoms with Crippen LogP contribution in [-0.4, -0.2) is 26.0 Å². The summed E-state index contributed by atoms with van der Waals surface area (Å²) < 4.78 is 0. The lowest BCUT2D eigenvalue weighted by Crippen LogP contribution is -2.26. The molecule has 1 heterocycles. The molecule has 0 bridgehead atoms. The van der Waals surface area contributed by atoms with Crippen LogP contribution in [0.2, 0.25) is 0 Å². The summed E-state index contributed by atoms with van der Waals surface area (Å²) in [6, 6.07) is 16.3. The van der Waals surface area contributed by atoms with Gasteiger partial charge in [0.25, 0.3) is 5.91 Å². The Hall–Kier alpha value is -2.29. The fraction of sp³-hybridized carbons (Fsp3) is 0.409. The number of carbonyl (C=O) groups is 1. The summed E-state index contributed by atoms with van der Waals surface area (Å²) in [6.07, 6.45) is 2.54. The van der Waals surface area contributed by atoms with E-state index in [2.05, 4.69) is 49.9 Å². The van der Waals surface area contributed by atoms with Crippen LogP contribution in [0.25, 0.3) is 0 Å². The number of carbonyl (C=O) groups excluding carboxylic acids is 1. The average Bonchev–Trinajstić information content (AvgIpc) is 3.14. The van der Waals surface area contributed by atoms with E-state index in [0.717, 1.165) is 24.3 Å². The van der Waals surface area contributed by atoms with Gasteiger partial charge in [-0.25, -0.2) is 0 Å². The molecule has 1 aliphatic rings. The lowest BCUT2D eigenvalue weighted by molar-refractivity contribution is 0.0993. The van der Waals surface area contributed by atoms with Crippen molar-refractivity contribution in [2.75, 3.05) is 29.9 Å². The number of hydrogen-bond donors (Lipinski definition) is 0. The summed E-state index contributed by atoms with van der Waals surface area (Å²) in [5.41, 5.74) is 4.23. The highest BCUT2D eigenvalue weighted by Crippen LogP contribution is 2.25. The number of rotatable bonds is 3. The molecule has 3 nitrogen and oxygen atoms in total. The molecule has 0 N–H and O–H groups in total. The van der Waals surface area contributed by atoms with Crippen molar-refractivity contribution in [3.8, 4) is 0 Å². The Balaban J connectivity index is 1.73. The third-order valence-electron chi connectivity index (χ3n) is 5.01. The van der Waals surface area contributed by atoms with Crippen molar-refractivity contribution in [1.82, 2.24) is 0 Å². The van der Waals surface area contributed by atoms with E-state index in [-0.39, 0.29) is 11.3 Å². The molecule has 1 aliphatic heterocycles. The van der Waals surface area contributed by atoms with Gasteiger partial charge in [0, 0.05) is 37.1 Å². The van der Waals surface area contributed by atoms with Gasteiger partial charge in [-0.1, -0.05) is 32.9 Å². The molecule has 0 unspecified atom stereocenters. The highest BCUT2D eigenvalue weighted by molar-refractivity contribution is 6.05. The topological polar surface area (TPSA) is 23.6 Å². The van der Waals surface area contributed by atoms with Crippen LogP contribution in [0.4, 0.5) is 11.4 Å². The maximum absolute atomic E-state index is 12.8. The van der Waals surface area contributed by atoms with Crippen molar-refractivity contribution in [1.29, 1.82) is 0 Å². The lowest BCUT2D eigenvalue weighted by Gasteiger charge is -2.22. The minimum Gasteiger partial charge on any atom is -0.372 e. The Labute approximate surface area is 151 Å². The van der Waals surface area contributed by atoms with Crippen LogP contribution < -0.4 is 9.80 Å². The quantitative estimate of drug-likeness (QED) is 0.799. The molecule has 0 radical (unpaired) electrons. The summed E-state index contributed by atoms with van der Waals surface area (Å²) in [5.74, 6) is 0.0226. The predicted octanol–water partition coefficient (Wildman–Crippen LogP) is 4.86. The van der Waals surface area contributed by atoms with Crippen molar-refractivity contribution in [3.63, 3.8) is 0 Å². The number of anilines is 2. The molecular weight excluding hydrogens is 308 g/mol. The molecule has 0 aliphatic carbocycles. The Morgan fingerprint density at radius 2 is 1.48 bits per heavy atom. The largest absolute Gasteiger partial charge is 0.372 e. The molecule has 3 heteroatoms. The van der Waals surface area contributed by atoms with Gasteiger partial charge in [-0.05, 0) is 60.2 Å². The van der Waals surface area contributed by atoms with E-state index in [1.807, 2.05) is 31.3 Å². The van der Waals surface area contributed by atoms with Crippen molar-refractivity contribution in [3.05, 3.63) is 59.7 Å². The number of benzene rings is 2. The smallest absolute Gasteiger partial charge is 0.258 e. The summed E-state index contributed by atoms with van der Waals surface area (Å²) in [5, 5.41) is 0. The van der Waals surface area contributed by atoms with E-state index in [1.54, 1.807) is 4.90 Å². The lowest BCUT2D eigenvalue weighted by atomic mass is 9.86. The maximum Gasteiger partial charge on any atom is 0.258 e. The first-order chi connectivity index (χ1) is 11.9. The molecule has 2 aromatic rings. The molecule has 3 rings (SSSR count). The molecule has 0 saturated carbocycles. The average molecular weight is 336 g/mol. The monoisotopic (exact) mass is 336 g/mol. The molecule has 25 heavy (non-hydrogen) atoms. The van der Waals surface area contributed by atoms with Crippen LogP contribution in [0.5, 0.6) is 0 Å². The fourth-order valence-electron chi connectivity index (χ4n) is 3.29. The zero-order chi connectivity index (χ0) is 18.0. The molecule has 0 atom stereocenters. The minimum absolute atomic E-state index is 0.0226. The summed E-state index contributed by atoms with van der Waals surface area (Å²) in [7, 11) is 1.84. The molecule has 1 saturated heterocycles. The van der Waals surface area contributed by atoms with E-state index < -0.39 is 0 Å². The second-order valence-corrected chi connectivity index (χ2v) is 7.90. The minimum atomic E-state index is 0.0226. The number of hydrogen-bond acceptors (Lipinski definition) is 2. The maximum atomic E-state index is 12.8. The van der Waals surface area contributed by atoms with Crippen molar-refractivity contribution in [2.45, 2.75) is 39.0 Å². The van der Waals surface area contributed by atoms with Crippen LogP contribution >= 0.6 is 0 Å². The molecule has 1 amide bonds. The van der Waals surface area contributed by atoms with Gasteiger partial charge in [0.05, 0.1) is 0 Å². The zero-order valence-corrected chi connectivity index (χ0v) is 15.7. The highest BCUT2D eigenvalue weighted by Gasteiger charge is 2.17. The van der Waals surface area contributed by atoms with Crippen LogP contribution in [-0.2, 0) is 5.41 Å². The number of amides is 1. The molecule has 0 spiro atoms. The first kappa shape index (κ1) is 17.5. The number of nitrogens with zero attached hydrogens (tertiary/aromatic N) is 2. The van der Waals surface area contributed by atoms with Crippen LogP contribution in [0.1, 0.15) is 49.5 Å². The van der Waals surface area contributed by atoms with Gasteiger partial charge in [0.2, 0.25) is 0 Å². The Kier molecular flexibility index (Phi) is 4.85. The first-order valence-electron chi connectivity index (χ1n) is 9.10. The van der Waals surface area contributed by atoms with Crippen LogP contribution in [0, 0.1) is 0 Å². The summed E-state index contributed by atoms with van der Waals surface area (Å²) >= 11 is 0. The van der Waals surface area contributed by atoms with Gasteiger partial charge in [-0.15, -0.1) is 0 Å². The highest BCUT2D eigenvalue weighted by atomic mass is 16.2. The summed E-state index contributed by atoms with van der Waals surface area (Å²) in [6.45, 7) is 8.80. The molecule has 0 aromatic heterocycles. The van der Waals surface area contributed by atoms with E-state index in [0.29, 0.717) is 0 Å². The van der Waals surface area contributed by atoms with Crippen molar-refractivity contribution in [2.24, 2.45) is 0 Å². The first-order valence-corrected chi connectivity index (χ1v) is 9.10. The van der Waals surface area contributed by atoms with Gasteiger partial charge in [-0.2, -0.15) is 0 Å². The van der Waals surface area contributed by atoms with E-state index in [4.69, 9.17) is 0 Å². The predicted molar refractivity (Wildman–Crippen MR) is 106 cm³/mol. The van der Waals surface area contributed by atoms with Gasteiger partial charge in [0.15, 0.2) is 0 Å².